The predicted octanol–water partition coefficient (Wildman–Crippen LogP) is 4.84. The Kier molecular flexibility index (Phi) is 6.67. The lowest BCUT2D eigenvalue weighted by Gasteiger charge is -2.11. The van der Waals surface area contributed by atoms with Gasteiger partial charge >= 0.3 is 5.97 Å². The highest BCUT2D eigenvalue weighted by atomic mass is 79.9. The van der Waals surface area contributed by atoms with E-state index >= 15 is 0 Å². The zero-order valence-corrected chi connectivity index (χ0v) is 15.7. The molecule has 2 aromatic rings. The van der Waals surface area contributed by atoms with E-state index in [1.165, 1.54) is 0 Å². The molecule has 0 spiro atoms. The van der Waals surface area contributed by atoms with Gasteiger partial charge in [-0.2, -0.15) is 0 Å². The smallest absolute Gasteiger partial charge is 0.311 e. The summed E-state index contributed by atoms with van der Waals surface area (Å²) in [5, 5.41) is 0. The molecular weight excluding hydrogens is 372 g/mol. The third-order valence-corrected chi connectivity index (χ3v) is 3.95. The van der Waals surface area contributed by atoms with Gasteiger partial charge in [0, 0.05) is 10.9 Å². The van der Waals surface area contributed by atoms with Crippen LogP contribution in [0.2, 0.25) is 0 Å². The Labute approximate surface area is 150 Å². The second kappa shape index (κ2) is 8.73. The molecule has 0 radical (unpaired) electrons. The van der Waals surface area contributed by atoms with Crippen molar-refractivity contribution in [2.45, 2.75) is 26.7 Å². The van der Waals surface area contributed by atoms with Gasteiger partial charge in [0.1, 0.15) is 17.2 Å². The Balaban J connectivity index is 1.77. The number of carbonyl (C=O) groups excluding carboxylic acids is 1. The summed E-state index contributed by atoms with van der Waals surface area (Å²) in [6.45, 7) is 4.31. The highest BCUT2D eigenvalue weighted by molar-refractivity contribution is 9.10. The van der Waals surface area contributed by atoms with Gasteiger partial charge in [0.2, 0.25) is 0 Å². The molecule has 5 heteroatoms. The van der Waals surface area contributed by atoms with E-state index in [1.807, 2.05) is 50.2 Å². The minimum atomic E-state index is -0.248. The highest BCUT2D eigenvalue weighted by Gasteiger charge is 2.11. The molecule has 2 rings (SSSR count). The van der Waals surface area contributed by atoms with E-state index in [0.29, 0.717) is 25.2 Å². The Bertz CT molecular complexity index is 672. The van der Waals surface area contributed by atoms with Crippen LogP contribution < -0.4 is 14.2 Å². The summed E-state index contributed by atoms with van der Waals surface area (Å²) in [5.41, 5.74) is 1.87. The standard InChI is InChI=1S/C19H21BrO4/c1-13-11-15(20)12-14(2)19(13)24-18(21)5-4-10-23-17-8-6-16(22-3)7-9-17/h6-9,11-12H,4-5,10H2,1-3H3. The monoisotopic (exact) mass is 392 g/mol. The van der Waals surface area contributed by atoms with Crippen LogP contribution in [-0.4, -0.2) is 19.7 Å². The van der Waals surface area contributed by atoms with Crippen molar-refractivity contribution >= 4 is 21.9 Å². The molecule has 0 N–H and O–H groups in total. The zero-order chi connectivity index (χ0) is 17.5. The number of halogens is 1. The lowest BCUT2D eigenvalue weighted by molar-refractivity contribution is -0.134. The van der Waals surface area contributed by atoms with Gasteiger partial charge in [-0.3, -0.25) is 4.79 Å². The number of hydrogen-bond acceptors (Lipinski definition) is 4. The number of hydrogen-bond donors (Lipinski definition) is 0. The fraction of sp³-hybridized carbons (Fsp3) is 0.316. The van der Waals surface area contributed by atoms with Gasteiger partial charge in [-0.1, -0.05) is 15.9 Å². The molecular formula is C19H21BrO4. The largest absolute Gasteiger partial charge is 0.497 e. The van der Waals surface area contributed by atoms with E-state index in [2.05, 4.69) is 15.9 Å². The molecule has 0 aliphatic heterocycles. The van der Waals surface area contributed by atoms with Crippen molar-refractivity contribution in [3.63, 3.8) is 0 Å². The number of aryl methyl sites for hydroxylation is 2. The zero-order valence-electron chi connectivity index (χ0n) is 14.1. The van der Waals surface area contributed by atoms with E-state index in [-0.39, 0.29) is 5.97 Å². The Hall–Kier alpha value is -2.01. The average Bonchev–Trinajstić information content (AvgIpc) is 2.55. The normalized spacial score (nSPS) is 10.3. The molecule has 0 aliphatic rings. The van der Waals surface area contributed by atoms with Crippen LogP contribution in [-0.2, 0) is 4.79 Å². The molecule has 0 aromatic heterocycles. The predicted molar refractivity (Wildman–Crippen MR) is 97.0 cm³/mol. The molecule has 4 nitrogen and oxygen atoms in total. The Morgan fingerprint density at radius 1 is 1.04 bits per heavy atom. The van der Waals surface area contributed by atoms with E-state index in [0.717, 1.165) is 27.1 Å². The van der Waals surface area contributed by atoms with E-state index < -0.39 is 0 Å². The van der Waals surface area contributed by atoms with Crippen LogP contribution in [0.4, 0.5) is 0 Å². The van der Waals surface area contributed by atoms with Crippen LogP contribution in [0, 0.1) is 13.8 Å². The van der Waals surface area contributed by atoms with Gasteiger partial charge in [-0.15, -0.1) is 0 Å². The SMILES string of the molecule is COc1ccc(OCCCC(=O)Oc2c(C)cc(Br)cc2C)cc1. The van der Waals surface area contributed by atoms with Crippen molar-refractivity contribution in [3.05, 3.63) is 52.0 Å². The number of carbonyl (C=O) groups is 1. The molecule has 0 saturated heterocycles. The molecule has 24 heavy (non-hydrogen) atoms. The maximum absolute atomic E-state index is 12.0. The van der Waals surface area contributed by atoms with Crippen LogP contribution in [0.15, 0.2) is 40.9 Å². The lowest BCUT2D eigenvalue weighted by Crippen LogP contribution is -2.11. The molecule has 0 saturated carbocycles. The first-order valence-corrected chi connectivity index (χ1v) is 8.53. The first-order chi connectivity index (χ1) is 11.5. The summed E-state index contributed by atoms with van der Waals surface area (Å²) in [6.07, 6.45) is 0.907. The molecule has 0 heterocycles. The van der Waals surface area contributed by atoms with Gasteiger partial charge in [-0.25, -0.2) is 0 Å². The van der Waals surface area contributed by atoms with E-state index in [4.69, 9.17) is 14.2 Å². The molecule has 0 unspecified atom stereocenters. The quantitative estimate of drug-likeness (QED) is 0.384. The maximum atomic E-state index is 12.0. The minimum Gasteiger partial charge on any atom is -0.497 e. The number of esters is 1. The summed E-state index contributed by atoms with van der Waals surface area (Å²) in [6, 6.07) is 11.2. The molecule has 0 aliphatic carbocycles. The van der Waals surface area contributed by atoms with Crippen LogP contribution >= 0.6 is 15.9 Å². The summed E-state index contributed by atoms with van der Waals surface area (Å²) in [7, 11) is 1.62. The fourth-order valence-corrected chi connectivity index (χ4v) is 2.99. The van der Waals surface area contributed by atoms with Crippen molar-refractivity contribution in [1.29, 1.82) is 0 Å². The Morgan fingerprint density at radius 3 is 2.21 bits per heavy atom. The minimum absolute atomic E-state index is 0.248. The topological polar surface area (TPSA) is 44.8 Å². The molecule has 2 aromatic carbocycles. The molecule has 0 atom stereocenters. The third kappa shape index (κ3) is 5.27. The highest BCUT2D eigenvalue weighted by Crippen LogP contribution is 2.27. The van der Waals surface area contributed by atoms with Crippen molar-refractivity contribution in [3.8, 4) is 17.2 Å². The summed E-state index contributed by atoms with van der Waals surface area (Å²) in [4.78, 5) is 12.0. The number of rotatable bonds is 7. The van der Waals surface area contributed by atoms with Crippen molar-refractivity contribution in [1.82, 2.24) is 0 Å². The third-order valence-electron chi connectivity index (χ3n) is 3.49. The van der Waals surface area contributed by atoms with Crippen LogP contribution in [0.3, 0.4) is 0 Å². The van der Waals surface area contributed by atoms with E-state index in [1.54, 1.807) is 7.11 Å². The van der Waals surface area contributed by atoms with Gasteiger partial charge in [0.25, 0.3) is 0 Å². The summed E-state index contributed by atoms with van der Waals surface area (Å²) < 4.78 is 17.1. The van der Waals surface area contributed by atoms with Crippen molar-refractivity contribution in [2.24, 2.45) is 0 Å². The molecule has 0 amide bonds. The van der Waals surface area contributed by atoms with Crippen LogP contribution in [0.25, 0.3) is 0 Å². The van der Waals surface area contributed by atoms with Crippen LogP contribution in [0.5, 0.6) is 17.2 Å². The van der Waals surface area contributed by atoms with Gasteiger partial charge in [0.15, 0.2) is 0 Å². The van der Waals surface area contributed by atoms with Crippen molar-refractivity contribution in [2.75, 3.05) is 13.7 Å². The fourth-order valence-electron chi connectivity index (χ4n) is 2.30. The first-order valence-electron chi connectivity index (χ1n) is 7.74. The molecule has 0 bridgehead atoms. The summed E-state index contributed by atoms with van der Waals surface area (Å²) in [5.74, 6) is 1.93. The number of benzene rings is 2. The second-order valence-corrected chi connectivity index (χ2v) is 6.39. The van der Waals surface area contributed by atoms with Crippen molar-refractivity contribution < 1.29 is 19.0 Å². The van der Waals surface area contributed by atoms with Gasteiger partial charge in [0.05, 0.1) is 13.7 Å². The Morgan fingerprint density at radius 2 is 1.62 bits per heavy atom. The number of methoxy groups -OCH3 is 1. The summed E-state index contributed by atoms with van der Waals surface area (Å²) >= 11 is 3.43. The molecule has 128 valence electrons. The van der Waals surface area contributed by atoms with E-state index in [9.17, 15) is 4.79 Å². The molecule has 0 fully saturated rings. The number of ether oxygens (including phenoxy) is 3. The maximum Gasteiger partial charge on any atom is 0.311 e. The average molecular weight is 393 g/mol. The second-order valence-electron chi connectivity index (χ2n) is 5.47. The van der Waals surface area contributed by atoms with Gasteiger partial charge in [-0.05, 0) is 67.8 Å². The van der Waals surface area contributed by atoms with Crippen LogP contribution in [0.1, 0.15) is 24.0 Å². The van der Waals surface area contributed by atoms with Gasteiger partial charge < -0.3 is 14.2 Å². The first kappa shape index (κ1) is 18.3. The lowest BCUT2D eigenvalue weighted by atomic mass is 10.1.